The van der Waals surface area contributed by atoms with Crippen LogP contribution in [0, 0.1) is 39.9 Å². The van der Waals surface area contributed by atoms with E-state index in [1.54, 1.807) is 16.7 Å². The van der Waals surface area contributed by atoms with E-state index in [-0.39, 0.29) is 11.5 Å². The Morgan fingerprint density at radius 1 is 0.967 bits per heavy atom. The number of allylic oxidation sites excluding steroid dienone is 4. The molecule has 6 atom stereocenters. The summed E-state index contributed by atoms with van der Waals surface area (Å²) in [6, 6.07) is 0. The minimum atomic E-state index is -0.131. The molecular weight excluding hydrogens is 364 g/mol. The smallest absolute Gasteiger partial charge is 0.0594 e. The van der Waals surface area contributed by atoms with E-state index in [1.807, 2.05) is 0 Å². The normalized spacial score (nSPS) is 41.2. The van der Waals surface area contributed by atoms with Gasteiger partial charge in [-0.1, -0.05) is 79.4 Å². The van der Waals surface area contributed by atoms with Crippen LogP contribution in [0.2, 0.25) is 0 Å². The summed E-state index contributed by atoms with van der Waals surface area (Å²) in [5.74, 6) is 3.13. The second-order valence-electron chi connectivity index (χ2n) is 13.0. The lowest BCUT2D eigenvalue weighted by molar-refractivity contribution is -0.0905. The summed E-state index contributed by atoms with van der Waals surface area (Å²) in [6.07, 6.45) is 15.3. The van der Waals surface area contributed by atoms with Crippen LogP contribution < -0.4 is 0 Å². The molecule has 0 bridgehead atoms. The third-order valence-electron chi connectivity index (χ3n) is 10.6. The van der Waals surface area contributed by atoms with E-state index in [9.17, 15) is 5.11 Å². The van der Waals surface area contributed by atoms with Crippen molar-refractivity contribution in [3.05, 3.63) is 22.8 Å². The van der Waals surface area contributed by atoms with Crippen LogP contribution in [0.4, 0.5) is 0 Å². The predicted molar refractivity (Wildman–Crippen MR) is 128 cm³/mol. The lowest BCUT2D eigenvalue weighted by atomic mass is 9.46. The van der Waals surface area contributed by atoms with Gasteiger partial charge in [0.25, 0.3) is 0 Å². The highest BCUT2D eigenvalue weighted by atomic mass is 16.3. The highest BCUT2D eigenvalue weighted by Gasteiger charge is 2.57. The first-order valence-electron chi connectivity index (χ1n) is 13.1. The van der Waals surface area contributed by atoms with E-state index in [4.69, 9.17) is 0 Å². The molecule has 0 spiro atoms. The molecule has 0 saturated heterocycles. The van der Waals surface area contributed by atoms with E-state index < -0.39 is 0 Å². The van der Waals surface area contributed by atoms with Gasteiger partial charge in [0.05, 0.1) is 6.10 Å². The third kappa shape index (κ3) is 3.37. The first kappa shape index (κ1) is 22.6. The molecule has 1 saturated carbocycles. The van der Waals surface area contributed by atoms with Gasteiger partial charge in [0.15, 0.2) is 0 Å². The fraction of sp³-hybridized carbons (Fsp3) is 0.862. The second kappa shape index (κ2) is 7.79. The standard InChI is InChI=1S/C29H48O/c1-19(2)9-8-10-20(3)22-12-13-23-21-11-14-25-27(4,5)26(30)16-18-29(25,7)24(21)15-17-28(22,23)6/h13,19-20,22,25-26,30H,8-12,14-18H2,1-7H3/t20-,22-,25+,26?,28-,29-/m1/s1. The molecule has 0 heterocycles. The Bertz CT molecular complexity index is 725. The van der Waals surface area contributed by atoms with Gasteiger partial charge in [-0.25, -0.2) is 0 Å². The SMILES string of the molecule is CC(C)CCC[C@@H](C)[C@H]1CC=C2C3=C(CC[C@@]21C)[C@@]1(C)CCC(O)C(C)(C)[C@@H]1CC3. The summed E-state index contributed by atoms with van der Waals surface area (Å²) < 4.78 is 0. The van der Waals surface area contributed by atoms with E-state index in [0.29, 0.717) is 16.7 Å². The average molecular weight is 413 g/mol. The van der Waals surface area contributed by atoms with Gasteiger partial charge < -0.3 is 5.11 Å². The van der Waals surface area contributed by atoms with Crippen molar-refractivity contribution in [2.45, 2.75) is 119 Å². The molecule has 0 aromatic rings. The van der Waals surface area contributed by atoms with Crippen LogP contribution in [-0.2, 0) is 0 Å². The summed E-state index contributed by atoms with van der Waals surface area (Å²) in [5, 5.41) is 10.8. The van der Waals surface area contributed by atoms with Crippen molar-refractivity contribution < 1.29 is 5.11 Å². The number of hydrogen-bond acceptors (Lipinski definition) is 1. The molecule has 1 N–H and O–H groups in total. The van der Waals surface area contributed by atoms with Gasteiger partial charge in [0.1, 0.15) is 0 Å². The molecule has 4 rings (SSSR count). The van der Waals surface area contributed by atoms with Crippen LogP contribution in [0.25, 0.3) is 0 Å². The third-order valence-corrected chi connectivity index (χ3v) is 10.6. The maximum atomic E-state index is 10.8. The maximum Gasteiger partial charge on any atom is 0.0594 e. The molecule has 1 unspecified atom stereocenters. The lowest BCUT2D eigenvalue weighted by Crippen LogP contribution is -2.53. The van der Waals surface area contributed by atoms with E-state index in [1.165, 1.54) is 57.8 Å². The van der Waals surface area contributed by atoms with Gasteiger partial charge in [-0.05, 0) is 96.0 Å². The molecule has 0 aromatic heterocycles. The number of aliphatic hydroxyl groups is 1. The average Bonchev–Trinajstić information content (AvgIpc) is 3.02. The summed E-state index contributed by atoms with van der Waals surface area (Å²) in [4.78, 5) is 0. The molecule has 170 valence electrons. The number of hydrogen-bond donors (Lipinski definition) is 1. The quantitative estimate of drug-likeness (QED) is 0.483. The van der Waals surface area contributed by atoms with Gasteiger partial charge in [0.2, 0.25) is 0 Å². The van der Waals surface area contributed by atoms with Gasteiger partial charge in [-0.3, -0.25) is 0 Å². The number of rotatable bonds is 5. The minimum Gasteiger partial charge on any atom is -0.393 e. The molecule has 0 radical (unpaired) electrons. The van der Waals surface area contributed by atoms with Gasteiger partial charge >= 0.3 is 0 Å². The van der Waals surface area contributed by atoms with Gasteiger partial charge in [0, 0.05) is 0 Å². The Morgan fingerprint density at radius 3 is 2.40 bits per heavy atom. The molecule has 0 amide bonds. The first-order chi connectivity index (χ1) is 14.0. The van der Waals surface area contributed by atoms with E-state index in [2.05, 4.69) is 54.5 Å². The van der Waals surface area contributed by atoms with Crippen LogP contribution in [0.15, 0.2) is 22.8 Å². The Kier molecular flexibility index (Phi) is 5.87. The fourth-order valence-corrected chi connectivity index (χ4v) is 8.63. The summed E-state index contributed by atoms with van der Waals surface area (Å²) in [6.45, 7) is 17.1. The van der Waals surface area contributed by atoms with Crippen LogP contribution in [0.5, 0.6) is 0 Å². The molecule has 1 heteroatoms. The molecule has 4 aliphatic rings. The van der Waals surface area contributed by atoms with Crippen molar-refractivity contribution in [1.29, 1.82) is 0 Å². The summed E-state index contributed by atoms with van der Waals surface area (Å²) >= 11 is 0. The Morgan fingerprint density at radius 2 is 1.70 bits per heavy atom. The second-order valence-corrected chi connectivity index (χ2v) is 13.0. The van der Waals surface area contributed by atoms with Crippen LogP contribution >= 0.6 is 0 Å². The zero-order chi connectivity index (χ0) is 21.9. The molecule has 1 fully saturated rings. The summed E-state index contributed by atoms with van der Waals surface area (Å²) in [5.41, 5.74) is 6.09. The Hall–Kier alpha value is -0.560. The molecule has 0 aliphatic heterocycles. The summed E-state index contributed by atoms with van der Waals surface area (Å²) in [7, 11) is 0. The van der Waals surface area contributed by atoms with E-state index >= 15 is 0 Å². The monoisotopic (exact) mass is 412 g/mol. The highest BCUT2D eigenvalue weighted by molar-refractivity contribution is 5.49. The first-order valence-corrected chi connectivity index (χ1v) is 13.1. The molecular formula is C29H48O. The van der Waals surface area contributed by atoms with Crippen LogP contribution in [0.1, 0.15) is 113 Å². The Balaban J connectivity index is 1.58. The maximum absolute atomic E-state index is 10.8. The molecule has 4 aliphatic carbocycles. The number of aliphatic hydroxyl groups excluding tert-OH is 1. The topological polar surface area (TPSA) is 20.2 Å². The highest BCUT2D eigenvalue weighted by Crippen LogP contribution is 2.66. The lowest BCUT2D eigenvalue weighted by Gasteiger charge is -2.59. The fourth-order valence-electron chi connectivity index (χ4n) is 8.63. The van der Waals surface area contributed by atoms with Crippen molar-refractivity contribution in [3.63, 3.8) is 0 Å². The zero-order valence-corrected chi connectivity index (χ0v) is 21.0. The largest absolute Gasteiger partial charge is 0.393 e. The van der Waals surface area contributed by atoms with Crippen molar-refractivity contribution in [3.8, 4) is 0 Å². The minimum absolute atomic E-state index is 0.0454. The van der Waals surface area contributed by atoms with Crippen LogP contribution in [-0.4, -0.2) is 11.2 Å². The zero-order valence-electron chi connectivity index (χ0n) is 21.0. The Labute approximate surface area is 186 Å². The van der Waals surface area contributed by atoms with Crippen LogP contribution in [0.3, 0.4) is 0 Å². The predicted octanol–water partition coefficient (Wildman–Crippen LogP) is 8.09. The van der Waals surface area contributed by atoms with Crippen molar-refractivity contribution in [2.75, 3.05) is 0 Å². The van der Waals surface area contributed by atoms with Crippen molar-refractivity contribution >= 4 is 0 Å². The molecule has 1 nitrogen and oxygen atoms in total. The van der Waals surface area contributed by atoms with Crippen molar-refractivity contribution in [2.24, 2.45) is 39.9 Å². The van der Waals surface area contributed by atoms with Gasteiger partial charge in [-0.15, -0.1) is 0 Å². The van der Waals surface area contributed by atoms with E-state index in [0.717, 1.165) is 24.2 Å². The number of fused-ring (bicyclic) bond motifs is 4. The van der Waals surface area contributed by atoms with Gasteiger partial charge in [-0.2, -0.15) is 0 Å². The van der Waals surface area contributed by atoms with Crippen molar-refractivity contribution in [1.82, 2.24) is 0 Å². The molecule has 30 heavy (non-hydrogen) atoms. The molecule has 0 aromatic carbocycles.